The number of hydrogen-bond acceptors (Lipinski definition) is 1. The Bertz CT molecular complexity index is 540. The van der Waals surface area contributed by atoms with Crippen molar-refractivity contribution in [2.45, 2.75) is 33.4 Å². The average Bonchev–Trinajstić information content (AvgIpc) is 2.59. The van der Waals surface area contributed by atoms with Gasteiger partial charge in [-0.25, -0.2) is 0 Å². The molecule has 0 aliphatic heterocycles. The second-order valence-electron chi connectivity index (χ2n) is 4.73. The predicted octanol–water partition coefficient (Wildman–Crippen LogP) is 2.47. The van der Waals surface area contributed by atoms with Gasteiger partial charge in [0.25, 0.3) is 0 Å². The molecule has 3 heteroatoms. The van der Waals surface area contributed by atoms with Crippen molar-refractivity contribution in [3.8, 4) is 0 Å². The van der Waals surface area contributed by atoms with Gasteiger partial charge in [0, 0.05) is 17.8 Å². The van der Waals surface area contributed by atoms with Gasteiger partial charge in [-0.1, -0.05) is 11.6 Å². The zero-order chi connectivity index (χ0) is 12.4. The Kier molecular flexibility index (Phi) is 3.18. The largest absolute Gasteiger partial charge is 0.352 e. The maximum Gasteiger partial charge on any atom is 0.240 e. The third kappa shape index (κ3) is 2.67. The Morgan fingerprint density at radius 1 is 1.35 bits per heavy atom. The molecule has 0 fully saturated rings. The molecule has 0 bridgehead atoms. The molecule has 17 heavy (non-hydrogen) atoms. The molecule has 1 amide bonds. The molecule has 0 radical (unpaired) electrons. The number of carbonyl (C=O) groups excluding carboxylic acids is 1. The van der Waals surface area contributed by atoms with E-state index in [2.05, 4.69) is 30.4 Å². The number of aryl methyl sites for hydroxylation is 1. The number of amides is 1. The van der Waals surface area contributed by atoms with Gasteiger partial charge in [0.2, 0.25) is 5.91 Å². The van der Waals surface area contributed by atoms with Crippen molar-refractivity contribution in [3.63, 3.8) is 0 Å². The number of carbonyl (C=O) groups is 1. The van der Waals surface area contributed by atoms with Crippen molar-refractivity contribution in [1.82, 2.24) is 9.88 Å². The summed E-state index contributed by atoms with van der Waals surface area (Å²) in [7, 11) is 0. The molecular weight excluding hydrogens is 212 g/mol. The van der Waals surface area contributed by atoms with Gasteiger partial charge in [-0.15, -0.1) is 0 Å². The lowest BCUT2D eigenvalue weighted by Crippen LogP contribution is -2.32. The number of aromatic nitrogens is 1. The van der Waals surface area contributed by atoms with Crippen molar-refractivity contribution in [1.29, 1.82) is 0 Å². The first-order valence-corrected chi connectivity index (χ1v) is 5.91. The average molecular weight is 230 g/mol. The standard InChI is InChI=1S/C14H18N2O/c1-10(2)15-14(17)9-16-7-6-12-8-11(3)4-5-13(12)16/h4-8,10H,9H2,1-3H3,(H,15,17). The number of benzene rings is 1. The Labute approximate surface area is 101 Å². The third-order valence-electron chi connectivity index (χ3n) is 2.69. The van der Waals surface area contributed by atoms with E-state index in [0.29, 0.717) is 6.54 Å². The molecule has 0 unspecified atom stereocenters. The second kappa shape index (κ2) is 4.62. The molecule has 2 aromatic rings. The summed E-state index contributed by atoms with van der Waals surface area (Å²) < 4.78 is 1.98. The summed E-state index contributed by atoms with van der Waals surface area (Å²) >= 11 is 0. The van der Waals surface area contributed by atoms with E-state index in [-0.39, 0.29) is 11.9 Å². The number of rotatable bonds is 3. The molecule has 2 rings (SSSR count). The van der Waals surface area contributed by atoms with Gasteiger partial charge >= 0.3 is 0 Å². The number of nitrogens with zero attached hydrogens (tertiary/aromatic N) is 1. The second-order valence-corrected chi connectivity index (χ2v) is 4.73. The van der Waals surface area contributed by atoms with Crippen LogP contribution in [0.4, 0.5) is 0 Å². The fraction of sp³-hybridized carbons (Fsp3) is 0.357. The maximum atomic E-state index is 11.7. The van der Waals surface area contributed by atoms with E-state index in [1.807, 2.05) is 30.7 Å². The molecular formula is C14H18N2O. The molecule has 0 saturated heterocycles. The fourth-order valence-corrected chi connectivity index (χ4v) is 1.98. The van der Waals surface area contributed by atoms with Gasteiger partial charge < -0.3 is 9.88 Å². The van der Waals surface area contributed by atoms with Gasteiger partial charge in [-0.2, -0.15) is 0 Å². The Morgan fingerprint density at radius 2 is 2.12 bits per heavy atom. The van der Waals surface area contributed by atoms with Crippen molar-refractivity contribution in [2.24, 2.45) is 0 Å². The minimum absolute atomic E-state index is 0.0538. The van der Waals surface area contributed by atoms with E-state index in [1.54, 1.807) is 0 Å². The number of nitrogens with one attached hydrogen (secondary N) is 1. The van der Waals surface area contributed by atoms with E-state index in [4.69, 9.17) is 0 Å². The monoisotopic (exact) mass is 230 g/mol. The van der Waals surface area contributed by atoms with Crippen LogP contribution in [0.1, 0.15) is 19.4 Å². The Balaban J connectivity index is 2.22. The van der Waals surface area contributed by atoms with Gasteiger partial charge in [-0.3, -0.25) is 4.79 Å². The molecule has 1 aromatic carbocycles. The molecule has 0 aliphatic carbocycles. The van der Waals surface area contributed by atoms with Crippen molar-refractivity contribution in [3.05, 3.63) is 36.0 Å². The van der Waals surface area contributed by atoms with Crippen LogP contribution >= 0.6 is 0 Å². The SMILES string of the molecule is Cc1ccc2c(ccn2CC(=O)NC(C)C)c1. The summed E-state index contributed by atoms with van der Waals surface area (Å²) in [5.74, 6) is 0.0538. The van der Waals surface area contributed by atoms with Crippen LogP contribution < -0.4 is 5.32 Å². The summed E-state index contributed by atoms with van der Waals surface area (Å²) in [5, 5.41) is 4.08. The lowest BCUT2D eigenvalue weighted by molar-refractivity contribution is -0.122. The van der Waals surface area contributed by atoms with Crippen molar-refractivity contribution < 1.29 is 4.79 Å². The molecule has 1 heterocycles. The first-order valence-electron chi connectivity index (χ1n) is 5.91. The summed E-state index contributed by atoms with van der Waals surface area (Å²) in [4.78, 5) is 11.7. The Hall–Kier alpha value is -1.77. The third-order valence-corrected chi connectivity index (χ3v) is 2.69. The smallest absolute Gasteiger partial charge is 0.240 e. The van der Waals surface area contributed by atoms with Crippen LogP contribution in [0.25, 0.3) is 10.9 Å². The van der Waals surface area contributed by atoms with E-state index >= 15 is 0 Å². The summed E-state index contributed by atoms with van der Waals surface area (Å²) in [6.45, 7) is 6.39. The molecule has 0 spiro atoms. The van der Waals surface area contributed by atoms with Gasteiger partial charge in [-0.05, 0) is 44.4 Å². The minimum Gasteiger partial charge on any atom is -0.352 e. The zero-order valence-electron chi connectivity index (χ0n) is 10.5. The van der Waals surface area contributed by atoms with Crippen LogP contribution in [-0.4, -0.2) is 16.5 Å². The van der Waals surface area contributed by atoms with Crippen LogP contribution in [0.15, 0.2) is 30.5 Å². The molecule has 0 saturated carbocycles. The highest BCUT2D eigenvalue weighted by atomic mass is 16.2. The summed E-state index contributed by atoms with van der Waals surface area (Å²) in [6, 6.07) is 8.50. The highest BCUT2D eigenvalue weighted by molar-refractivity contribution is 5.83. The number of fused-ring (bicyclic) bond motifs is 1. The van der Waals surface area contributed by atoms with Crippen molar-refractivity contribution >= 4 is 16.8 Å². The molecule has 90 valence electrons. The fourth-order valence-electron chi connectivity index (χ4n) is 1.98. The van der Waals surface area contributed by atoms with Crippen LogP contribution in [0, 0.1) is 6.92 Å². The first kappa shape index (κ1) is 11.7. The summed E-state index contributed by atoms with van der Waals surface area (Å²) in [5.41, 5.74) is 2.34. The predicted molar refractivity (Wildman–Crippen MR) is 70.0 cm³/mol. The van der Waals surface area contributed by atoms with E-state index < -0.39 is 0 Å². The normalized spacial score (nSPS) is 11.1. The topological polar surface area (TPSA) is 34.0 Å². The highest BCUT2D eigenvalue weighted by Crippen LogP contribution is 2.17. The molecule has 1 N–H and O–H groups in total. The van der Waals surface area contributed by atoms with Gasteiger partial charge in [0.1, 0.15) is 6.54 Å². The van der Waals surface area contributed by atoms with E-state index in [1.165, 1.54) is 10.9 Å². The van der Waals surface area contributed by atoms with Crippen LogP contribution in [0.2, 0.25) is 0 Å². The van der Waals surface area contributed by atoms with Crippen LogP contribution in [-0.2, 0) is 11.3 Å². The van der Waals surface area contributed by atoms with Crippen LogP contribution in [0.3, 0.4) is 0 Å². The van der Waals surface area contributed by atoms with Gasteiger partial charge in [0.15, 0.2) is 0 Å². The van der Waals surface area contributed by atoms with Gasteiger partial charge in [0.05, 0.1) is 0 Å². The van der Waals surface area contributed by atoms with E-state index in [0.717, 1.165) is 5.52 Å². The first-order chi connectivity index (χ1) is 8.06. The molecule has 1 aromatic heterocycles. The van der Waals surface area contributed by atoms with E-state index in [9.17, 15) is 4.79 Å². The number of hydrogen-bond donors (Lipinski definition) is 1. The lowest BCUT2D eigenvalue weighted by Gasteiger charge is -2.09. The maximum absolute atomic E-state index is 11.7. The zero-order valence-corrected chi connectivity index (χ0v) is 10.5. The molecule has 3 nitrogen and oxygen atoms in total. The minimum atomic E-state index is 0.0538. The van der Waals surface area contributed by atoms with Crippen LogP contribution in [0.5, 0.6) is 0 Å². The molecule has 0 aliphatic rings. The highest BCUT2D eigenvalue weighted by Gasteiger charge is 2.06. The summed E-state index contributed by atoms with van der Waals surface area (Å²) in [6.07, 6.45) is 1.96. The van der Waals surface area contributed by atoms with Crippen molar-refractivity contribution in [2.75, 3.05) is 0 Å². The molecule has 0 atom stereocenters. The Morgan fingerprint density at radius 3 is 2.82 bits per heavy atom. The quantitative estimate of drug-likeness (QED) is 0.863. The lowest BCUT2D eigenvalue weighted by atomic mass is 10.2.